The van der Waals surface area contributed by atoms with Crippen molar-refractivity contribution in [3.8, 4) is 0 Å². The van der Waals surface area contributed by atoms with E-state index in [1.807, 2.05) is 12.2 Å². The smallest absolute Gasteiger partial charge is 0.350 e. The van der Waals surface area contributed by atoms with E-state index in [-0.39, 0.29) is 0 Å². The Morgan fingerprint density at radius 1 is 1.54 bits per heavy atom. The molecule has 0 amide bonds. The van der Waals surface area contributed by atoms with Gasteiger partial charge in [-0.1, -0.05) is 30.7 Å². The van der Waals surface area contributed by atoms with Gasteiger partial charge in [-0.2, -0.15) is 0 Å². The summed E-state index contributed by atoms with van der Waals surface area (Å²) in [4.78, 5) is 10.7. The summed E-state index contributed by atoms with van der Waals surface area (Å²) in [7, 11) is 1.28. The van der Waals surface area contributed by atoms with E-state index in [4.69, 9.17) is 16.3 Å². The molecule has 4 heteroatoms. The standard InChI is InChI=1S/C9H15ClO3/c1-3-4-5-6-7-13-8(10)9(11)12-2/h4-5,8H,3,6-7H2,1-2H3/b5-4+. The van der Waals surface area contributed by atoms with Gasteiger partial charge < -0.3 is 9.47 Å². The fourth-order valence-electron chi connectivity index (χ4n) is 0.685. The number of esters is 1. The van der Waals surface area contributed by atoms with Crippen LogP contribution in [-0.4, -0.2) is 25.2 Å². The number of hydrogen-bond donors (Lipinski definition) is 0. The second kappa shape index (κ2) is 8.08. The number of hydrogen-bond acceptors (Lipinski definition) is 3. The third-order valence-corrected chi connectivity index (χ3v) is 1.64. The molecule has 1 unspecified atom stereocenters. The van der Waals surface area contributed by atoms with Crippen molar-refractivity contribution in [2.45, 2.75) is 25.3 Å². The third-order valence-electron chi connectivity index (χ3n) is 1.34. The van der Waals surface area contributed by atoms with Gasteiger partial charge in [-0.05, 0) is 12.8 Å². The van der Waals surface area contributed by atoms with Crippen molar-refractivity contribution in [1.29, 1.82) is 0 Å². The summed E-state index contributed by atoms with van der Waals surface area (Å²) in [5.41, 5.74) is -0.986. The number of allylic oxidation sites excluding steroid dienone is 1. The van der Waals surface area contributed by atoms with E-state index in [9.17, 15) is 4.79 Å². The summed E-state index contributed by atoms with van der Waals surface area (Å²) in [6.45, 7) is 2.48. The molecule has 0 fully saturated rings. The summed E-state index contributed by atoms with van der Waals surface area (Å²) in [5.74, 6) is -0.555. The van der Waals surface area contributed by atoms with Gasteiger partial charge in [0.15, 0.2) is 0 Å². The van der Waals surface area contributed by atoms with Gasteiger partial charge in [0.1, 0.15) is 0 Å². The Bertz CT molecular complexity index is 168. The fourth-order valence-corrected chi connectivity index (χ4v) is 0.863. The molecular weight excluding hydrogens is 192 g/mol. The zero-order valence-electron chi connectivity index (χ0n) is 7.96. The predicted octanol–water partition coefficient (Wildman–Crippen LogP) is 2.10. The lowest BCUT2D eigenvalue weighted by molar-refractivity contribution is -0.148. The molecule has 13 heavy (non-hydrogen) atoms. The minimum absolute atomic E-state index is 0.430. The van der Waals surface area contributed by atoms with E-state index in [1.54, 1.807) is 0 Å². The molecule has 0 heterocycles. The van der Waals surface area contributed by atoms with E-state index in [0.29, 0.717) is 6.61 Å². The van der Waals surface area contributed by atoms with Crippen LogP contribution in [0.3, 0.4) is 0 Å². The van der Waals surface area contributed by atoms with Gasteiger partial charge >= 0.3 is 5.97 Å². The van der Waals surface area contributed by atoms with E-state index < -0.39 is 11.5 Å². The highest BCUT2D eigenvalue weighted by atomic mass is 35.5. The zero-order valence-corrected chi connectivity index (χ0v) is 8.71. The van der Waals surface area contributed by atoms with Crippen molar-refractivity contribution in [3.63, 3.8) is 0 Å². The maximum absolute atomic E-state index is 10.7. The van der Waals surface area contributed by atoms with Crippen molar-refractivity contribution in [1.82, 2.24) is 0 Å². The van der Waals surface area contributed by atoms with Gasteiger partial charge in [-0.3, -0.25) is 0 Å². The van der Waals surface area contributed by atoms with E-state index in [0.717, 1.165) is 12.8 Å². The maximum atomic E-state index is 10.7. The first kappa shape index (κ1) is 12.5. The van der Waals surface area contributed by atoms with Crippen LogP contribution >= 0.6 is 11.6 Å². The average molecular weight is 207 g/mol. The van der Waals surface area contributed by atoms with Crippen LogP contribution in [0.4, 0.5) is 0 Å². The van der Waals surface area contributed by atoms with Gasteiger partial charge in [0, 0.05) is 0 Å². The molecule has 0 radical (unpaired) electrons. The molecule has 0 aliphatic heterocycles. The summed E-state index contributed by atoms with van der Waals surface area (Å²) in [5, 5.41) is 0. The second-order valence-electron chi connectivity index (χ2n) is 2.38. The topological polar surface area (TPSA) is 35.5 Å². The van der Waals surface area contributed by atoms with Gasteiger partial charge in [0.25, 0.3) is 0 Å². The monoisotopic (exact) mass is 206 g/mol. The molecule has 0 saturated heterocycles. The first-order valence-corrected chi connectivity index (χ1v) is 4.64. The van der Waals surface area contributed by atoms with Crippen LogP contribution in [0.25, 0.3) is 0 Å². The van der Waals surface area contributed by atoms with Crippen molar-refractivity contribution in [2.75, 3.05) is 13.7 Å². The number of carbonyl (C=O) groups excluding carboxylic acids is 1. The summed E-state index contributed by atoms with van der Waals surface area (Å²) in [6.07, 6.45) is 5.78. The molecule has 76 valence electrons. The summed E-state index contributed by atoms with van der Waals surface area (Å²) < 4.78 is 9.36. The molecule has 0 aromatic carbocycles. The van der Waals surface area contributed by atoms with E-state index >= 15 is 0 Å². The van der Waals surface area contributed by atoms with Gasteiger partial charge in [-0.15, -0.1) is 0 Å². The van der Waals surface area contributed by atoms with Gasteiger partial charge in [0.05, 0.1) is 13.7 Å². The molecule has 0 rings (SSSR count). The van der Waals surface area contributed by atoms with Crippen LogP contribution in [0.15, 0.2) is 12.2 Å². The number of methoxy groups -OCH3 is 1. The van der Waals surface area contributed by atoms with Gasteiger partial charge in [-0.25, -0.2) is 4.79 Å². The number of carbonyl (C=O) groups is 1. The minimum Gasteiger partial charge on any atom is -0.466 e. The van der Waals surface area contributed by atoms with Crippen molar-refractivity contribution < 1.29 is 14.3 Å². The van der Waals surface area contributed by atoms with E-state index in [2.05, 4.69) is 11.7 Å². The van der Waals surface area contributed by atoms with Crippen LogP contribution in [0, 0.1) is 0 Å². The van der Waals surface area contributed by atoms with E-state index in [1.165, 1.54) is 7.11 Å². The average Bonchev–Trinajstić information content (AvgIpc) is 2.16. The Hall–Kier alpha value is -0.540. The highest BCUT2D eigenvalue weighted by Gasteiger charge is 2.14. The molecule has 0 saturated carbocycles. The number of alkyl halides is 1. The van der Waals surface area contributed by atoms with Crippen LogP contribution in [-0.2, 0) is 14.3 Å². The molecule has 0 N–H and O–H groups in total. The largest absolute Gasteiger partial charge is 0.466 e. The molecule has 1 atom stereocenters. The lowest BCUT2D eigenvalue weighted by Gasteiger charge is -2.06. The van der Waals surface area contributed by atoms with Crippen molar-refractivity contribution in [2.24, 2.45) is 0 Å². The molecule has 0 aromatic rings. The first-order chi connectivity index (χ1) is 6.22. The highest BCUT2D eigenvalue weighted by Crippen LogP contribution is 2.01. The summed E-state index contributed by atoms with van der Waals surface area (Å²) in [6, 6.07) is 0. The van der Waals surface area contributed by atoms with Crippen LogP contribution in [0.2, 0.25) is 0 Å². The predicted molar refractivity (Wildman–Crippen MR) is 51.7 cm³/mol. The van der Waals surface area contributed by atoms with Crippen LogP contribution < -0.4 is 0 Å². The molecule has 0 bridgehead atoms. The Kier molecular flexibility index (Phi) is 7.74. The number of halogens is 1. The molecular formula is C9H15ClO3. The third kappa shape index (κ3) is 6.61. The Morgan fingerprint density at radius 3 is 2.77 bits per heavy atom. The number of rotatable bonds is 6. The number of ether oxygens (including phenoxy) is 2. The lowest BCUT2D eigenvalue weighted by Crippen LogP contribution is -2.19. The second-order valence-corrected chi connectivity index (χ2v) is 2.77. The lowest BCUT2D eigenvalue weighted by atomic mass is 10.3. The Morgan fingerprint density at radius 2 is 2.23 bits per heavy atom. The van der Waals surface area contributed by atoms with Gasteiger partial charge in [0.2, 0.25) is 5.56 Å². The fraction of sp³-hybridized carbons (Fsp3) is 0.667. The molecule has 3 nitrogen and oxygen atoms in total. The SMILES string of the molecule is CC/C=C/CCOC(Cl)C(=O)OC. The molecule has 0 aliphatic carbocycles. The minimum atomic E-state index is -0.986. The zero-order chi connectivity index (χ0) is 10.1. The van der Waals surface area contributed by atoms with Crippen molar-refractivity contribution >= 4 is 17.6 Å². The maximum Gasteiger partial charge on any atom is 0.350 e. The first-order valence-electron chi connectivity index (χ1n) is 4.20. The normalized spacial score (nSPS) is 13.2. The molecule has 0 spiro atoms. The quantitative estimate of drug-likeness (QED) is 0.289. The summed E-state index contributed by atoms with van der Waals surface area (Å²) >= 11 is 5.52. The highest BCUT2D eigenvalue weighted by molar-refractivity contribution is 6.28. The molecule has 0 aliphatic rings. The Balaban J connectivity index is 3.42. The van der Waals surface area contributed by atoms with Crippen LogP contribution in [0.1, 0.15) is 19.8 Å². The Labute approximate surface area is 83.7 Å². The van der Waals surface area contributed by atoms with Crippen LogP contribution in [0.5, 0.6) is 0 Å². The molecule has 0 aromatic heterocycles. The van der Waals surface area contributed by atoms with Crippen molar-refractivity contribution in [3.05, 3.63) is 12.2 Å².